The molecule has 0 fully saturated rings. The zero-order valence-electron chi connectivity index (χ0n) is 10.9. The van der Waals surface area contributed by atoms with Crippen LogP contribution in [0.15, 0.2) is 18.2 Å². The minimum Gasteiger partial charge on any atom is -0.447 e. The molecule has 0 aliphatic heterocycles. The molecule has 0 unspecified atom stereocenters. The van der Waals surface area contributed by atoms with E-state index in [9.17, 15) is 4.79 Å². The summed E-state index contributed by atoms with van der Waals surface area (Å²) in [5, 5.41) is 2.67. The number of ether oxygens (including phenoxy) is 1. The second-order valence-corrected chi connectivity index (χ2v) is 4.17. The fourth-order valence-electron chi connectivity index (χ4n) is 1.44. The summed E-state index contributed by atoms with van der Waals surface area (Å²) in [5.74, 6) is 5.71. The molecular formula is C14H18N2O2. The van der Waals surface area contributed by atoms with Crippen LogP contribution < -0.4 is 11.1 Å². The minimum absolute atomic E-state index is 0.147. The SMILES string of the molecule is Cc1cc(C#CCN)cc(NC(=O)OC(C)C)c1. The van der Waals surface area contributed by atoms with E-state index in [0.717, 1.165) is 11.1 Å². The Labute approximate surface area is 108 Å². The van der Waals surface area contributed by atoms with Gasteiger partial charge in [-0.25, -0.2) is 4.79 Å². The Morgan fingerprint density at radius 3 is 2.78 bits per heavy atom. The van der Waals surface area contributed by atoms with Crippen LogP contribution in [0.2, 0.25) is 0 Å². The van der Waals surface area contributed by atoms with Gasteiger partial charge in [0.2, 0.25) is 0 Å². The average Bonchev–Trinajstić information content (AvgIpc) is 2.24. The van der Waals surface area contributed by atoms with Crippen molar-refractivity contribution in [3.63, 3.8) is 0 Å². The molecule has 0 saturated heterocycles. The Hall–Kier alpha value is -1.99. The molecule has 18 heavy (non-hydrogen) atoms. The largest absolute Gasteiger partial charge is 0.447 e. The molecule has 0 saturated carbocycles. The number of anilines is 1. The third kappa shape index (κ3) is 4.89. The first kappa shape index (κ1) is 14.1. The number of aryl methyl sites for hydroxylation is 1. The fraction of sp³-hybridized carbons (Fsp3) is 0.357. The molecule has 0 aliphatic rings. The van der Waals surface area contributed by atoms with Crippen molar-refractivity contribution in [2.45, 2.75) is 26.9 Å². The van der Waals surface area contributed by atoms with Crippen LogP contribution in [0.4, 0.5) is 10.5 Å². The summed E-state index contributed by atoms with van der Waals surface area (Å²) in [6.07, 6.45) is -0.611. The van der Waals surface area contributed by atoms with Crippen molar-refractivity contribution in [3.05, 3.63) is 29.3 Å². The summed E-state index contributed by atoms with van der Waals surface area (Å²) in [7, 11) is 0. The molecule has 96 valence electrons. The maximum atomic E-state index is 11.5. The van der Waals surface area contributed by atoms with Crippen LogP contribution >= 0.6 is 0 Å². The van der Waals surface area contributed by atoms with Gasteiger partial charge >= 0.3 is 6.09 Å². The Bertz CT molecular complexity index is 484. The summed E-state index contributed by atoms with van der Waals surface area (Å²) < 4.78 is 5.01. The first-order valence-electron chi connectivity index (χ1n) is 5.79. The van der Waals surface area contributed by atoms with Crippen molar-refractivity contribution in [3.8, 4) is 11.8 Å². The maximum absolute atomic E-state index is 11.5. The second kappa shape index (κ2) is 6.67. The van der Waals surface area contributed by atoms with Gasteiger partial charge in [0.05, 0.1) is 12.6 Å². The maximum Gasteiger partial charge on any atom is 0.411 e. The fourth-order valence-corrected chi connectivity index (χ4v) is 1.44. The molecule has 0 bridgehead atoms. The van der Waals surface area contributed by atoms with Crippen molar-refractivity contribution < 1.29 is 9.53 Å². The lowest BCUT2D eigenvalue weighted by Crippen LogP contribution is -2.18. The van der Waals surface area contributed by atoms with Crippen LogP contribution in [-0.4, -0.2) is 18.7 Å². The number of amides is 1. The standard InChI is InChI=1S/C14H18N2O2/c1-10(2)18-14(17)16-13-8-11(3)7-12(9-13)5-4-6-15/h7-10H,6,15H2,1-3H3,(H,16,17). The number of hydrogen-bond donors (Lipinski definition) is 2. The van der Waals surface area contributed by atoms with Crippen LogP contribution in [0.3, 0.4) is 0 Å². The van der Waals surface area contributed by atoms with E-state index < -0.39 is 6.09 Å². The topological polar surface area (TPSA) is 64.3 Å². The molecule has 0 spiro atoms. The van der Waals surface area contributed by atoms with Gasteiger partial charge in [-0.2, -0.15) is 0 Å². The average molecular weight is 246 g/mol. The third-order valence-electron chi connectivity index (χ3n) is 2.00. The molecular weight excluding hydrogens is 228 g/mol. The van der Waals surface area contributed by atoms with Crippen LogP contribution in [0.5, 0.6) is 0 Å². The molecule has 3 N–H and O–H groups in total. The molecule has 1 amide bonds. The highest BCUT2D eigenvalue weighted by molar-refractivity contribution is 5.85. The highest BCUT2D eigenvalue weighted by Crippen LogP contribution is 2.14. The first-order chi connectivity index (χ1) is 8.51. The van der Waals surface area contributed by atoms with E-state index in [0.29, 0.717) is 12.2 Å². The van der Waals surface area contributed by atoms with Gasteiger partial charge in [-0.15, -0.1) is 0 Å². The van der Waals surface area contributed by atoms with Gasteiger partial charge in [0, 0.05) is 11.3 Å². The Morgan fingerprint density at radius 2 is 2.17 bits per heavy atom. The van der Waals surface area contributed by atoms with Gasteiger partial charge in [-0.1, -0.05) is 11.8 Å². The number of carbonyl (C=O) groups is 1. The van der Waals surface area contributed by atoms with Gasteiger partial charge in [0.25, 0.3) is 0 Å². The number of hydrogen-bond acceptors (Lipinski definition) is 3. The molecule has 1 rings (SSSR count). The Morgan fingerprint density at radius 1 is 1.44 bits per heavy atom. The van der Waals surface area contributed by atoms with E-state index in [1.54, 1.807) is 19.9 Å². The van der Waals surface area contributed by atoms with Crippen molar-refractivity contribution in [1.82, 2.24) is 0 Å². The van der Waals surface area contributed by atoms with Crippen molar-refractivity contribution in [2.75, 3.05) is 11.9 Å². The van der Waals surface area contributed by atoms with E-state index >= 15 is 0 Å². The molecule has 1 aromatic carbocycles. The first-order valence-corrected chi connectivity index (χ1v) is 5.79. The summed E-state index contributed by atoms with van der Waals surface area (Å²) in [4.78, 5) is 11.5. The molecule has 4 heteroatoms. The predicted octanol–water partition coefficient (Wildman–Crippen LogP) is 2.26. The van der Waals surface area contributed by atoms with Gasteiger partial charge in [-0.05, 0) is 44.5 Å². The zero-order valence-corrected chi connectivity index (χ0v) is 10.9. The summed E-state index contributed by atoms with van der Waals surface area (Å²) >= 11 is 0. The number of carbonyl (C=O) groups excluding carboxylic acids is 1. The highest BCUT2D eigenvalue weighted by Gasteiger charge is 2.06. The van der Waals surface area contributed by atoms with E-state index in [1.807, 2.05) is 19.1 Å². The Kier molecular flexibility index (Phi) is 5.22. The quantitative estimate of drug-likeness (QED) is 0.787. The van der Waals surface area contributed by atoms with Gasteiger partial charge < -0.3 is 10.5 Å². The van der Waals surface area contributed by atoms with Gasteiger partial charge in [-0.3, -0.25) is 5.32 Å². The predicted molar refractivity (Wildman–Crippen MR) is 72.4 cm³/mol. The number of nitrogens with one attached hydrogen (secondary N) is 1. The van der Waals surface area contributed by atoms with E-state index in [-0.39, 0.29) is 6.10 Å². The van der Waals surface area contributed by atoms with Crippen LogP contribution in [-0.2, 0) is 4.74 Å². The van der Waals surface area contributed by atoms with Gasteiger partial charge in [0.15, 0.2) is 0 Å². The molecule has 0 aromatic heterocycles. The molecule has 0 heterocycles. The lowest BCUT2D eigenvalue weighted by molar-refractivity contribution is 0.130. The molecule has 1 aromatic rings. The van der Waals surface area contributed by atoms with E-state index in [4.69, 9.17) is 10.5 Å². The van der Waals surface area contributed by atoms with Crippen LogP contribution in [0.1, 0.15) is 25.0 Å². The lowest BCUT2D eigenvalue weighted by atomic mass is 10.1. The zero-order chi connectivity index (χ0) is 13.5. The van der Waals surface area contributed by atoms with E-state index in [1.165, 1.54) is 0 Å². The van der Waals surface area contributed by atoms with Gasteiger partial charge in [0.1, 0.15) is 0 Å². The number of rotatable bonds is 2. The smallest absolute Gasteiger partial charge is 0.411 e. The summed E-state index contributed by atoms with van der Waals surface area (Å²) in [6, 6.07) is 5.58. The minimum atomic E-state index is -0.465. The van der Waals surface area contributed by atoms with Crippen molar-refractivity contribution in [2.24, 2.45) is 5.73 Å². The Balaban J connectivity index is 2.83. The normalized spacial score (nSPS) is 9.61. The molecule has 4 nitrogen and oxygen atoms in total. The molecule has 0 aliphatic carbocycles. The summed E-state index contributed by atoms with van der Waals surface area (Å²) in [5.41, 5.74) is 7.83. The van der Waals surface area contributed by atoms with Crippen LogP contribution in [0.25, 0.3) is 0 Å². The number of benzene rings is 1. The second-order valence-electron chi connectivity index (χ2n) is 4.17. The van der Waals surface area contributed by atoms with E-state index in [2.05, 4.69) is 17.2 Å². The molecule has 0 radical (unpaired) electrons. The third-order valence-corrected chi connectivity index (χ3v) is 2.00. The van der Waals surface area contributed by atoms with Crippen molar-refractivity contribution in [1.29, 1.82) is 0 Å². The monoisotopic (exact) mass is 246 g/mol. The highest BCUT2D eigenvalue weighted by atomic mass is 16.6. The lowest BCUT2D eigenvalue weighted by Gasteiger charge is -2.10. The van der Waals surface area contributed by atoms with Crippen molar-refractivity contribution >= 4 is 11.8 Å². The summed E-state index contributed by atoms with van der Waals surface area (Å²) in [6.45, 7) is 5.85. The van der Waals surface area contributed by atoms with Crippen LogP contribution in [0, 0.1) is 18.8 Å². The molecule has 0 atom stereocenters. The number of nitrogens with two attached hydrogens (primary N) is 1.